The molecule has 21 atom stereocenters. The van der Waals surface area contributed by atoms with Crippen molar-refractivity contribution in [3.05, 3.63) is 0 Å². The maximum Gasteiger partial charge on any atom is 0.335 e. The number of unbranched alkanes of at least 4 members (excludes halogenated alkanes) is 1. The number of carbonyl (C=O) groups is 1. The van der Waals surface area contributed by atoms with Gasteiger partial charge in [0.05, 0.1) is 43.2 Å². The zero-order valence-electron chi connectivity index (χ0n) is 32.7. The van der Waals surface area contributed by atoms with E-state index in [0.717, 1.165) is 6.42 Å². The van der Waals surface area contributed by atoms with E-state index in [1.54, 1.807) is 27.7 Å². The largest absolute Gasteiger partial charge is 0.479 e. The van der Waals surface area contributed by atoms with Crippen LogP contribution in [-0.4, -0.2) is 222 Å². The van der Waals surface area contributed by atoms with Gasteiger partial charge >= 0.3 is 5.97 Å². The molecule has 0 radical (unpaired) electrons. The number of hydrogen-bond acceptors (Lipinski definition) is 21. The Hall–Kier alpha value is -1.33. The van der Waals surface area contributed by atoms with E-state index in [0.29, 0.717) is 12.8 Å². The number of aliphatic hydroxyl groups is 11. The molecule has 4 saturated heterocycles. The second-order valence-corrected chi connectivity index (χ2v) is 16.0. The zero-order valence-corrected chi connectivity index (χ0v) is 32.7. The summed E-state index contributed by atoms with van der Waals surface area (Å²) in [5.41, 5.74) is -1.89. The number of rotatable bonds is 16. The molecule has 0 aromatic carbocycles. The van der Waals surface area contributed by atoms with Crippen LogP contribution < -0.4 is 0 Å². The number of ether oxygens (including phenoxy) is 9. The summed E-state index contributed by atoms with van der Waals surface area (Å²) in [5, 5.41) is 129. The summed E-state index contributed by atoms with van der Waals surface area (Å²) in [5.74, 6) is -2.71. The molecule has 334 valence electrons. The highest BCUT2D eigenvalue weighted by atomic mass is 16.8. The Morgan fingerprint density at radius 1 is 0.579 bits per heavy atom. The van der Waals surface area contributed by atoms with Crippen molar-refractivity contribution >= 4 is 5.97 Å². The van der Waals surface area contributed by atoms with Crippen molar-refractivity contribution < 1.29 is 109 Å². The van der Waals surface area contributed by atoms with Gasteiger partial charge in [-0.25, -0.2) is 4.79 Å². The first-order valence-electron chi connectivity index (χ1n) is 19.0. The van der Waals surface area contributed by atoms with E-state index in [2.05, 4.69) is 0 Å². The molecular formula is C35H62O22. The van der Waals surface area contributed by atoms with Crippen molar-refractivity contribution in [2.24, 2.45) is 5.92 Å². The van der Waals surface area contributed by atoms with E-state index >= 15 is 0 Å². The lowest BCUT2D eigenvalue weighted by Crippen LogP contribution is -2.68. The zero-order chi connectivity index (χ0) is 42.7. The number of methoxy groups -OCH3 is 1. The van der Waals surface area contributed by atoms with E-state index in [9.17, 15) is 66.1 Å². The van der Waals surface area contributed by atoms with Gasteiger partial charge in [-0.15, -0.1) is 0 Å². The third-order valence-corrected chi connectivity index (χ3v) is 10.9. The first kappa shape index (κ1) is 48.3. The van der Waals surface area contributed by atoms with Crippen molar-refractivity contribution in [1.29, 1.82) is 0 Å². The minimum Gasteiger partial charge on any atom is -0.479 e. The molecule has 22 nitrogen and oxygen atoms in total. The number of carboxylic acids is 1. The van der Waals surface area contributed by atoms with Crippen LogP contribution in [-0.2, 0) is 47.4 Å². The van der Waals surface area contributed by atoms with Gasteiger partial charge in [-0.3, -0.25) is 0 Å². The first-order valence-corrected chi connectivity index (χ1v) is 19.0. The molecule has 0 aromatic heterocycles. The molecule has 4 fully saturated rings. The number of aliphatic carboxylic acids is 1. The molecule has 0 saturated carbocycles. The summed E-state index contributed by atoms with van der Waals surface area (Å²) >= 11 is 0. The summed E-state index contributed by atoms with van der Waals surface area (Å²) in [7, 11) is 1.42. The van der Waals surface area contributed by atoms with E-state index in [4.69, 9.17) is 42.6 Å². The van der Waals surface area contributed by atoms with Crippen LogP contribution in [0.1, 0.15) is 53.9 Å². The molecule has 0 spiro atoms. The molecule has 9 unspecified atom stereocenters. The Morgan fingerprint density at radius 2 is 0.982 bits per heavy atom. The highest BCUT2D eigenvalue weighted by molar-refractivity contribution is 5.73. The smallest absolute Gasteiger partial charge is 0.335 e. The summed E-state index contributed by atoms with van der Waals surface area (Å²) in [4.78, 5) is 12.4. The predicted octanol–water partition coefficient (Wildman–Crippen LogP) is -4.98. The number of carboxylic acid groups (broad SMARTS) is 1. The molecule has 57 heavy (non-hydrogen) atoms. The van der Waals surface area contributed by atoms with E-state index in [1.165, 1.54) is 7.11 Å². The summed E-state index contributed by atoms with van der Waals surface area (Å²) in [6, 6.07) is 0. The third kappa shape index (κ3) is 10.6. The fraction of sp³-hybridized carbons (Fsp3) is 0.971. The van der Waals surface area contributed by atoms with Crippen LogP contribution in [0, 0.1) is 5.92 Å². The minimum atomic E-state index is -2.19. The number of aliphatic hydroxyl groups excluding tert-OH is 11. The molecule has 4 rings (SSSR count). The number of hydrogen-bond donors (Lipinski definition) is 12. The lowest BCUT2D eigenvalue weighted by molar-refractivity contribution is -0.387. The molecule has 12 N–H and O–H groups in total. The van der Waals surface area contributed by atoms with Gasteiger partial charge in [0.2, 0.25) is 0 Å². The lowest BCUT2D eigenvalue weighted by Gasteiger charge is -2.51. The summed E-state index contributed by atoms with van der Waals surface area (Å²) in [6.45, 7) is 6.25. The SMILES string of the molecule is CCCCC(C)(OC)[C@@H]1C(CO)O[C@H](O[C@H]2C(CO)O[C@H](O[C@@H]3C(C(=O)O)O[C@@H](O[C@@H]4C(CO)O[C@@H](OC(C)(C)C)[C@@H](O)C4O)[C@@H](O)C3O)C(O)[C@H]2O)[C@@H](O)C1O. The van der Waals surface area contributed by atoms with Gasteiger partial charge in [-0.1, -0.05) is 19.8 Å². The van der Waals surface area contributed by atoms with Crippen molar-refractivity contribution in [1.82, 2.24) is 0 Å². The van der Waals surface area contributed by atoms with Crippen LogP contribution in [0.5, 0.6) is 0 Å². The monoisotopic (exact) mass is 834 g/mol. The van der Waals surface area contributed by atoms with Gasteiger partial charge in [0.15, 0.2) is 31.3 Å². The highest BCUT2D eigenvalue weighted by Gasteiger charge is 2.58. The lowest BCUT2D eigenvalue weighted by atomic mass is 9.74. The predicted molar refractivity (Wildman–Crippen MR) is 185 cm³/mol. The van der Waals surface area contributed by atoms with Crippen molar-refractivity contribution in [2.75, 3.05) is 26.9 Å². The van der Waals surface area contributed by atoms with Gasteiger partial charge in [-0.2, -0.15) is 0 Å². The van der Waals surface area contributed by atoms with Crippen LogP contribution in [0.3, 0.4) is 0 Å². The van der Waals surface area contributed by atoms with Crippen LogP contribution in [0.4, 0.5) is 0 Å². The van der Waals surface area contributed by atoms with Crippen molar-refractivity contribution in [3.8, 4) is 0 Å². The van der Waals surface area contributed by atoms with Gasteiger partial charge < -0.3 is 104 Å². The molecule has 0 bridgehead atoms. The Morgan fingerprint density at radius 3 is 1.42 bits per heavy atom. The Labute approximate surface area is 329 Å². The fourth-order valence-electron chi connectivity index (χ4n) is 7.65. The summed E-state index contributed by atoms with van der Waals surface area (Å²) in [6.07, 6.45) is -32.4. The highest BCUT2D eigenvalue weighted by Crippen LogP contribution is 2.41. The maximum absolute atomic E-state index is 12.4. The van der Waals surface area contributed by atoms with Gasteiger partial charge in [0.25, 0.3) is 0 Å². The average Bonchev–Trinajstić information content (AvgIpc) is 3.16. The second kappa shape index (κ2) is 20.0. The maximum atomic E-state index is 12.4. The molecule has 4 aliphatic rings. The minimum absolute atomic E-state index is 0.449. The van der Waals surface area contributed by atoms with Crippen molar-refractivity contribution in [3.63, 3.8) is 0 Å². The normalized spacial score (nSPS) is 45.7. The second-order valence-electron chi connectivity index (χ2n) is 16.0. The fourth-order valence-corrected chi connectivity index (χ4v) is 7.65. The van der Waals surface area contributed by atoms with Crippen LogP contribution >= 0.6 is 0 Å². The average molecular weight is 835 g/mol. The standard InChI is InChI=1S/C35H62O22/c1-7-8-9-35(5,49-6)16-13(10-36)50-30(21(43)17(16)39)53-25-14(11-37)51-31(22(44)18(25)40)55-27-20(42)23(45)32(56-28(27)29(47)48)54-26-15(12-38)52-33(24(46)19(26)41)57-34(2,3)4/h13-28,30-33,36-46H,7-12H2,1-6H3,(H,47,48)/t13?,14?,15?,16-,17?,18-,19?,20?,21+,22?,23+,24+,25+,26-,27+,28?,30-,31-,32-,33+,35?/m1/s1. The van der Waals surface area contributed by atoms with Crippen LogP contribution in [0.15, 0.2) is 0 Å². The Bertz CT molecular complexity index is 1250. The Kier molecular flexibility index (Phi) is 17.0. The first-order chi connectivity index (χ1) is 26.7. The molecular weight excluding hydrogens is 772 g/mol. The Balaban J connectivity index is 1.46. The van der Waals surface area contributed by atoms with Crippen LogP contribution in [0.25, 0.3) is 0 Å². The topological polar surface area (TPSA) is 343 Å². The molecule has 0 amide bonds. The summed E-state index contributed by atoms with van der Waals surface area (Å²) < 4.78 is 50.7. The van der Waals surface area contributed by atoms with Crippen molar-refractivity contribution in [2.45, 2.75) is 182 Å². The molecule has 4 heterocycles. The molecule has 0 aliphatic carbocycles. The van der Waals surface area contributed by atoms with Gasteiger partial charge in [0.1, 0.15) is 73.2 Å². The van der Waals surface area contributed by atoms with Crippen LogP contribution in [0.2, 0.25) is 0 Å². The van der Waals surface area contributed by atoms with Gasteiger partial charge in [0, 0.05) is 13.0 Å². The van der Waals surface area contributed by atoms with Gasteiger partial charge in [-0.05, 0) is 34.1 Å². The van der Waals surface area contributed by atoms with E-state index in [1.807, 2.05) is 6.92 Å². The van der Waals surface area contributed by atoms with E-state index in [-0.39, 0.29) is 0 Å². The molecule has 0 aromatic rings. The molecule has 22 heteroatoms. The third-order valence-electron chi connectivity index (χ3n) is 10.9. The quantitative estimate of drug-likeness (QED) is 0.0693. The van der Waals surface area contributed by atoms with E-state index < -0.39 is 160 Å². The molecule has 4 aliphatic heterocycles.